The first-order valence-corrected chi connectivity index (χ1v) is 9.41. The predicted molar refractivity (Wildman–Crippen MR) is 94.8 cm³/mol. The Labute approximate surface area is 140 Å². The number of hydrogen-bond acceptors (Lipinski definition) is 4. The van der Waals surface area contributed by atoms with Gasteiger partial charge in [0.05, 0.1) is 22.3 Å². The van der Waals surface area contributed by atoms with Gasteiger partial charge in [-0.25, -0.2) is 13.4 Å². The monoisotopic (exact) mass is 342 g/mol. The van der Waals surface area contributed by atoms with Crippen LogP contribution in [0.3, 0.4) is 0 Å². The number of hydrogen-bond donors (Lipinski definition) is 2. The molecule has 24 heavy (non-hydrogen) atoms. The van der Waals surface area contributed by atoms with E-state index in [9.17, 15) is 8.42 Å². The second-order valence-corrected chi connectivity index (χ2v) is 7.61. The highest BCUT2D eigenvalue weighted by molar-refractivity contribution is 7.92. The zero-order valence-electron chi connectivity index (χ0n) is 13.1. The van der Waals surface area contributed by atoms with Crippen LogP contribution in [0.15, 0.2) is 53.7 Å². The van der Waals surface area contributed by atoms with Gasteiger partial charge in [0.2, 0.25) is 0 Å². The van der Waals surface area contributed by atoms with E-state index in [0.717, 1.165) is 24.3 Å². The first-order valence-electron chi connectivity index (χ1n) is 7.93. The third-order valence-electron chi connectivity index (χ3n) is 4.29. The molecule has 0 unspecified atom stereocenters. The van der Waals surface area contributed by atoms with E-state index < -0.39 is 10.0 Å². The van der Waals surface area contributed by atoms with Crippen molar-refractivity contribution in [3.63, 3.8) is 0 Å². The number of rotatable bonds is 4. The Morgan fingerprint density at radius 1 is 1.04 bits per heavy atom. The van der Waals surface area contributed by atoms with Crippen LogP contribution in [0.1, 0.15) is 12.8 Å². The second-order valence-electron chi connectivity index (χ2n) is 5.93. The molecule has 2 aromatic carbocycles. The Hall–Kier alpha value is -2.54. The first kappa shape index (κ1) is 15.0. The third kappa shape index (κ3) is 2.82. The number of imidazole rings is 1. The molecule has 0 amide bonds. The zero-order valence-corrected chi connectivity index (χ0v) is 13.9. The van der Waals surface area contributed by atoms with Gasteiger partial charge in [-0.2, -0.15) is 0 Å². The molecular weight excluding hydrogens is 324 g/mol. The van der Waals surface area contributed by atoms with Crippen LogP contribution in [-0.4, -0.2) is 31.5 Å². The average Bonchev–Trinajstić information content (AvgIpc) is 3.26. The van der Waals surface area contributed by atoms with Crippen molar-refractivity contribution >= 4 is 32.4 Å². The summed E-state index contributed by atoms with van der Waals surface area (Å²) in [4.78, 5) is 9.54. The van der Waals surface area contributed by atoms with Crippen molar-refractivity contribution in [1.29, 1.82) is 0 Å². The molecule has 2 heterocycles. The predicted octanol–water partition coefficient (Wildman–Crippen LogP) is 2.96. The Bertz CT molecular complexity index is 958. The summed E-state index contributed by atoms with van der Waals surface area (Å²) in [5, 5.41) is 0. The van der Waals surface area contributed by atoms with Crippen molar-refractivity contribution in [3.05, 3.63) is 48.8 Å². The summed E-state index contributed by atoms with van der Waals surface area (Å²) in [6, 6.07) is 12.4. The van der Waals surface area contributed by atoms with Crippen LogP contribution in [-0.2, 0) is 10.0 Å². The number of H-pyrrole nitrogens is 1. The Morgan fingerprint density at radius 2 is 1.79 bits per heavy atom. The maximum absolute atomic E-state index is 12.6. The Kier molecular flexibility index (Phi) is 3.65. The van der Waals surface area contributed by atoms with Gasteiger partial charge < -0.3 is 9.88 Å². The highest BCUT2D eigenvalue weighted by Crippen LogP contribution is 2.24. The smallest absolute Gasteiger partial charge is 0.261 e. The first-order chi connectivity index (χ1) is 11.6. The van der Waals surface area contributed by atoms with E-state index >= 15 is 0 Å². The number of benzene rings is 2. The van der Waals surface area contributed by atoms with Crippen molar-refractivity contribution in [1.82, 2.24) is 9.97 Å². The fourth-order valence-electron chi connectivity index (χ4n) is 3.01. The molecule has 4 rings (SSSR count). The van der Waals surface area contributed by atoms with Crippen molar-refractivity contribution in [3.8, 4) is 0 Å². The highest BCUT2D eigenvalue weighted by atomic mass is 32.2. The van der Waals surface area contributed by atoms with E-state index in [-0.39, 0.29) is 4.90 Å². The Balaban J connectivity index is 1.56. The summed E-state index contributed by atoms with van der Waals surface area (Å²) in [5.41, 5.74) is 3.13. The molecule has 0 radical (unpaired) electrons. The van der Waals surface area contributed by atoms with Crippen LogP contribution in [0.5, 0.6) is 0 Å². The minimum absolute atomic E-state index is 0.211. The lowest BCUT2D eigenvalue weighted by molar-refractivity contribution is 0.601. The number of aromatic nitrogens is 2. The molecule has 124 valence electrons. The molecule has 1 aliphatic rings. The van der Waals surface area contributed by atoms with E-state index in [4.69, 9.17) is 0 Å². The Morgan fingerprint density at radius 3 is 2.54 bits per heavy atom. The van der Waals surface area contributed by atoms with Crippen molar-refractivity contribution in [2.24, 2.45) is 0 Å². The van der Waals surface area contributed by atoms with Crippen LogP contribution in [0, 0.1) is 0 Å². The van der Waals surface area contributed by atoms with E-state index in [1.807, 2.05) is 12.1 Å². The molecule has 1 aromatic heterocycles. The lowest BCUT2D eigenvalue weighted by atomic mass is 10.2. The van der Waals surface area contributed by atoms with Crippen molar-refractivity contribution < 1.29 is 8.42 Å². The number of sulfonamides is 1. The summed E-state index contributed by atoms with van der Waals surface area (Å²) in [6.07, 6.45) is 3.97. The summed E-state index contributed by atoms with van der Waals surface area (Å²) in [6.45, 7) is 2.13. The van der Waals surface area contributed by atoms with Gasteiger partial charge in [-0.1, -0.05) is 0 Å². The molecule has 0 aliphatic carbocycles. The van der Waals surface area contributed by atoms with E-state index in [0.29, 0.717) is 11.2 Å². The van der Waals surface area contributed by atoms with Crippen molar-refractivity contribution in [2.45, 2.75) is 17.7 Å². The third-order valence-corrected chi connectivity index (χ3v) is 5.67. The highest BCUT2D eigenvalue weighted by Gasteiger charge is 2.16. The van der Waals surface area contributed by atoms with Crippen LogP contribution in [0.2, 0.25) is 0 Å². The standard InChI is InChI=1S/C17H18N4O2S/c22-24(23,15-7-8-16-17(11-15)19-12-18-16)20-13-3-5-14(6-4-13)21-9-1-2-10-21/h3-8,11-12,20H,1-2,9-10H2,(H,18,19). The fraction of sp³-hybridized carbons (Fsp3) is 0.235. The van der Waals surface area contributed by atoms with Crippen LogP contribution < -0.4 is 9.62 Å². The molecule has 0 spiro atoms. The maximum atomic E-state index is 12.6. The van der Waals surface area contributed by atoms with Crippen LogP contribution in [0.4, 0.5) is 11.4 Å². The zero-order chi connectivity index (χ0) is 16.6. The minimum Gasteiger partial charge on any atom is -0.372 e. The number of nitrogens with zero attached hydrogens (tertiary/aromatic N) is 2. The van der Waals surface area contributed by atoms with Gasteiger partial charge in [0.1, 0.15) is 0 Å². The quantitative estimate of drug-likeness (QED) is 0.764. The molecule has 0 saturated carbocycles. The van der Waals surface area contributed by atoms with Gasteiger partial charge in [0.25, 0.3) is 10.0 Å². The molecular formula is C17H18N4O2S. The fourth-order valence-corrected chi connectivity index (χ4v) is 4.10. The molecule has 0 bridgehead atoms. The molecule has 7 heteroatoms. The summed E-state index contributed by atoms with van der Waals surface area (Å²) < 4.78 is 27.7. The molecule has 2 N–H and O–H groups in total. The van der Waals surface area contributed by atoms with Gasteiger partial charge in [0.15, 0.2) is 0 Å². The van der Waals surface area contributed by atoms with E-state index in [1.54, 1.807) is 36.7 Å². The molecule has 3 aromatic rings. The largest absolute Gasteiger partial charge is 0.372 e. The average molecular weight is 342 g/mol. The van der Waals surface area contributed by atoms with E-state index in [1.165, 1.54) is 12.8 Å². The summed E-state index contributed by atoms with van der Waals surface area (Å²) in [5.74, 6) is 0. The number of nitrogens with one attached hydrogen (secondary N) is 2. The van der Waals surface area contributed by atoms with Gasteiger partial charge >= 0.3 is 0 Å². The van der Waals surface area contributed by atoms with Crippen molar-refractivity contribution in [2.75, 3.05) is 22.7 Å². The molecule has 1 fully saturated rings. The van der Waals surface area contributed by atoms with Gasteiger partial charge in [-0.3, -0.25) is 4.72 Å². The number of fused-ring (bicyclic) bond motifs is 1. The van der Waals surface area contributed by atoms with Gasteiger partial charge in [-0.15, -0.1) is 0 Å². The molecule has 1 saturated heterocycles. The van der Waals surface area contributed by atoms with Gasteiger partial charge in [0, 0.05) is 24.5 Å². The molecule has 1 aliphatic heterocycles. The normalized spacial score (nSPS) is 15.1. The second kappa shape index (κ2) is 5.83. The SMILES string of the molecule is O=S(=O)(Nc1ccc(N2CCCC2)cc1)c1ccc2nc[nH]c2c1. The summed E-state index contributed by atoms with van der Waals surface area (Å²) in [7, 11) is -3.63. The summed E-state index contributed by atoms with van der Waals surface area (Å²) >= 11 is 0. The van der Waals surface area contributed by atoms with Crippen LogP contribution >= 0.6 is 0 Å². The lowest BCUT2D eigenvalue weighted by Gasteiger charge is -2.18. The minimum atomic E-state index is -3.63. The van der Waals surface area contributed by atoms with E-state index in [2.05, 4.69) is 19.6 Å². The number of aromatic amines is 1. The molecule has 0 atom stereocenters. The lowest BCUT2D eigenvalue weighted by Crippen LogP contribution is -2.17. The van der Waals surface area contributed by atoms with Crippen LogP contribution in [0.25, 0.3) is 11.0 Å². The molecule has 6 nitrogen and oxygen atoms in total. The topological polar surface area (TPSA) is 78.1 Å². The number of anilines is 2. The maximum Gasteiger partial charge on any atom is 0.261 e. The van der Waals surface area contributed by atoms with Gasteiger partial charge in [-0.05, 0) is 55.3 Å².